The van der Waals surface area contributed by atoms with Crippen molar-refractivity contribution in [3.05, 3.63) is 69.5 Å². The number of aliphatic hydroxyl groups is 1. The van der Waals surface area contributed by atoms with Crippen LogP contribution in [0.15, 0.2) is 47.3 Å². The minimum atomic E-state index is -0.759. The van der Waals surface area contributed by atoms with E-state index in [1.165, 1.54) is 11.7 Å². The van der Waals surface area contributed by atoms with Crippen LogP contribution in [0.2, 0.25) is 0 Å². The smallest absolute Gasteiger partial charge is 0.345 e. The van der Waals surface area contributed by atoms with E-state index in [9.17, 15) is 14.7 Å². The highest BCUT2D eigenvalue weighted by atomic mass is 16.5. The quantitative estimate of drug-likeness (QED) is 0.680. The van der Waals surface area contributed by atoms with Crippen molar-refractivity contribution in [3.63, 3.8) is 0 Å². The van der Waals surface area contributed by atoms with E-state index >= 15 is 0 Å². The van der Waals surface area contributed by atoms with Crippen LogP contribution in [0.1, 0.15) is 53.3 Å². The second-order valence-corrected chi connectivity index (χ2v) is 7.24. The Kier molecular flexibility index (Phi) is 4.43. The fourth-order valence-corrected chi connectivity index (χ4v) is 3.56. The molecule has 1 heterocycles. The van der Waals surface area contributed by atoms with E-state index in [1.807, 2.05) is 18.2 Å². The first kappa shape index (κ1) is 18.3. The third-order valence-electron chi connectivity index (χ3n) is 5.31. The molecule has 1 aliphatic rings. The minimum Gasteiger partial charge on any atom is -0.465 e. The summed E-state index contributed by atoms with van der Waals surface area (Å²) in [6.07, 6.45) is 1.66. The molecule has 1 aromatic heterocycles. The lowest BCUT2D eigenvalue weighted by atomic mass is 10.0. The molecule has 144 valence electrons. The number of nitrogen functional groups attached to an aromatic ring is 1. The third-order valence-corrected chi connectivity index (χ3v) is 5.31. The number of carbonyl (C=O) groups excluding carboxylic acids is 1. The van der Waals surface area contributed by atoms with Crippen molar-refractivity contribution in [2.24, 2.45) is 0 Å². The predicted octanol–water partition coefficient (Wildman–Crippen LogP) is 3.29. The number of pyridine rings is 1. The lowest BCUT2D eigenvalue weighted by Crippen LogP contribution is -2.28. The van der Waals surface area contributed by atoms with Crippen LogP contribution in [0.25, 0.3) is 16.6 Å². The summed E-state index contributed by atoms with van der Waals surface area (Å²) in [7, 11) is 1.23. The van der Waals surface area contributed by atoms with E-state index in [0.29, 0.717) is 22.5 Å². The number of hydrogen-bond acceptors (Lipinski definition) is 5. The molecule has 1 fully saturated rings. The molecule has 1 aliphatic carbocycles. The fourth-order valence-electron chi connectivity index (χ4n) is 3.56. The van der Waals surface area contributed by atoms with Crippen molar-refractivity contribution in [1.29, 1.82) is 0 Å². The first-order chi connectivity index (χ1) is 13.4. The highest BCUT2D eigenvalue weighted by Gasteiger charge is 2.26. The van der Waals surface area contributed by atoms with E-state index in [4.69, 9.17) is 10.5 Å². The summed E-state index contributed by atoms with van der Waals surface area (Å²) in [5.74, 6) is -0.253. The van der Waals surface area contributed by atoms with Crippen LogP contribution in [0.5, 0.6) is 0 Å². The topological polar surface area (TPSA) is 94.6 Å². The molecule has 2 aromatic carbocycles. The number of aromatic nitrogens is 1. The average Bonchev–Trinajstić information content (AvgIpc) is 3.53. The molecular formula is C22H22N2O4. The number of esters is 1. The largest absolute Gasteiger partial charge is 0.465 e. The lowest BCUT2D eigenvalue weighted by molar-refractivity contribution is 0.0600. The Labute approximate surface area is 162 Å². The maximum Gasteiger partial charge on any atom is 0.345 e. The van der Waals surface area contributed by atoms with Crippen molar-refractivity contribution < 1.29 is 14.6 Å². The SMILES string of the molecule is COC(=O)c1c(N)c2ccc(C3CC3)cc2n(-c2ccc([C@@H](C)O)cc2)c1=O. The van der Waals surface area contributed by atoms with E-state index in [0.717, 1.165) is 24.0 Å². The second kappa shape index (κ2) is 6.80. The molecule has 6 nitrogen and oxygen atoms in total. The number of fused-ring (bicyclic) bond motifs is 1. The molecule has 0 saturated heterocycles. The number of anilines is 1. The lowest BCUT2D eigenvalue weighted by Gasteiger charge is -2.16. The van der Waals surface area contributed by atoms with Crippen LogP contribution in [-0.4, -0.2) is 22.8 Å². The van der Waals surface area contributed by atoms with Gasteiger partial charge in [-0.1, -0.05) is 24.3 Å². The van der Waals surface area contributed by atoms with E-state index in [1.54, 1.807) is 31.2 Å². The van der Waals surface area contributed by atoms with Crippen LogP contribution >= 0.6 is 0 Å². The van der Waals surface area contributed by atoms with Gasteiger partial charge in [0.2, 0.25) is 0 Å². The average molecular weight is 378 g/mol. The number of ether oxygens (including phenoxy) is 1. The molecule has 3 N–H and O–H groups in total. The normalized spacial score (nSPS) is 14.8. The zero-order valence-corrected chi connectivity index (χ0v) is 15.8. The van der Waals surface area contributed by atoms with Gasteiger partial charge in [-0.25, -0.2) is 4.79 Å². The Hall–Kier alpha value is -3.12. The summed E-state index contributed by atoms with van der Waals surface area (Å²) < 4.78 is 6.29. The number of nitrogens with zero attached hydrogens (tertiary/aromatic N) is 1. The number of aliphatic hydroxyl groups excluding tert-OH is 1. The Morgan fingerprint density at radius 2 is 1.89 bits per heavy atom. The number of methoxy groups -OCH3 is 1. The van der Waals surface area contributed by atoms with Gasteiger partial charge >= 0.3 is 5.97 Å². The van der Waals surface area contributed by atoms with Gasteiger partial charge < -0.3 is 15.6 Å². The molecule has 1 atom stereocenters. The van der Waals surface area contributed by atoms with Crippen LogP contribution < -0.4 is 11.3 Å². The standard InChI is InChI=1S/C22H22N2O4/c1-12(25)13-5-8-16(9-6-13)24-18-11-15(14-3-4-14)7-10-17(18)20(23)19(21(24)26)22(27)28-2/h5-12,14,25H,3-4,23H2,1-2H3/t12-/m1/s1. The number of benzene rings is 2. The summed E-state index contributed by atoms with van der Waals surface area (Å²) >= 11 is 0. The zero-order chi connectivity index (χ0) is 20.0. The van der Waals surface area contributed by atoms with Gasteiger partial charge in [-0.2, -0.15) is 0 Å². The maximum absolute atomic E-state index is 13.3. The molecule has 0 unspecified atom stereocenters. The molecule has 0 bridgehead atoms. The highest BCUT2D eigenvalue weighted by Crippen LogP contribution is 2.41. The molecule has 0 radical (unpaired) electrons. The minimum absolute atomic E-state index is 0.131. The third kappa shape index (κ3) is 2.96. The first-order valence-electron chi connectivity index (χ1n) is 9.27. The van der Waals surface area contributed by atoms with Gasteiger partial charge in [0, 0.05) is 11.1 Å². The molecule has 1 saturated carbocycles. The highest BCUT2D eigenvalue weighted by molar-refractivity contribution is 6.04. The number of carbonyl (C=O) groups is 1. The maximum atomic E-state index is 13.3. The van der Waals surface area contributed by atoms with Gasteiger partial charge in [0.15, 0.2) is 0 Å². The summed E-state index contributed by atoms with van der Waals surface area (Å²) in [4.78, 5) is 25.5. The van der Waals surface area contributed by atoms with Gasteiger partial charge in [-0.15, -0.1) is 0 Å². The van der Waals surface area contributed by atoms with Crippen LogP contribution in [0, 0.1) is 0 Å². The monoisotopic (exact) mass is 378 g/mol. The Bertz CT molecular complexity index is 1130. The Balaban J connectivity index is 2.04. The number of hydrogen-bond donors (Lipinski definition) is 2. The zero-order valence-electron chi connectivity index (χ0n) is 15.8. The Morgan fingerprint density at radius 1 is 1.21 bits per heavy atom. The van der Waals surface area contributed by atoms with Crippen molar-refractivity contribution in [2.45, 2.75) is 31.8 Å². The van der Waals surface area contributed by atoms with Crippen LogP contribution in [-0.2, 0) is 4.74 Å². The number of nitrogens with two attached hydrogens (primary N) is 1. The van der Waals surface area contributed by atoms with Crippen LogP contribution in [0.3, 0.4) is 0 Å². The van der Waals surface area contributed by atoms with Gasteiger partial charge in [-0.3, -0.25) is 9.36 Å². The molecule has 0 amide bonds. The van der Waals surface area contributed by atoms with Gasteiger partial charge in [-0.05, 0) is 55.0 Å². The summed E-state index contributed by atoms with van der Waals surface area (Å²) in [6.45, 7) is 1.68. The van der Waals surface area contributed by atoms with Gasteiger partial charge in [0.1, 0.15) is 5.56 Å². The molecule has 0 spiro atoms. The van der Waals surface area contributed by atoms with Gasteiger partial charge in [0.25, 0.3) is 5.56 Å². The van der Waals surface area contributed by atoms with Crippen LogP contribution in [0.4, 0.5) is 5.69 Å². The molecule has 28 heavy (non-hydrogen) atoms. The van der Waals surface area contributed by atoms with Crippen molar-refractivity contribution in [3.8, 4) is 5.69 Å². The predicted molar refractivity (Wildman–Crippen MR) is 108 cm³/mol. The van der Waals surface area contributed by atoms with Crippen molar-refractivity contribution >= 4 is 22.6 Å². The van der Waals surface area contributed by atoms with Gasteiger partial charge in [0.05, 0.1) is 24.4 Å². The Morgan fingerprint density at radius 3 is 2.46 bits per heavy atom. The first-order valence-corrected chi connectivity index (χ1v) is 9.27. The van der Waals surface area contributed by atoms with E-state index in [2.05, 4.69) is 0 Å². The molecular weight excluding hydrogens is 356 g/mol. The molecule has 0 aliphatic heterocycles. The summed E-state index contributed by atoms with van der Waals surface area (Å²) in [5, 5.41) is 10.4. The summed E-state index contributed by atoms with van der Waals surface area (Å²) in [6, 6.07) is 12.9. The van der Waals surface area contributed by atoms with E-state index < -0.39 is 17.6 Å². The van der Waals surface area contributed by atoms with Crippen molar-refractivity contribution in [2.75, 3.05) is 12.8 Å². The number of rotatable bonds is 4. The van der Waals surface area contributed by atoms with E-state index in [-0.39, 0.29) is 11.3 Å². The molecule has 4 rings (SSSR count). The molecule has 6 heteroatoms. The molecule has 3 aromatic rings. The summed E-state index contributed by atoms with van der Waals surface area (Å²) in [5.41, 5.74) is 8.79. The second-order valence-electron chi connectivity index (χ2n) is 7.24. The van der Waals surface area contributed by atoms with Crippen molar-refractivity contribution in [1.82, 2.24) is 4.57 Å². The fraction of sp³-hybridized carbons (Fsp3) is 0.273.